The number of hydrogen-bond donors (Lipinski definition) is 1. The summed E-state index contributed by atoms with van der Waals surface area (Å²) in [6.45, 7) is 1.73. The number of aryl methyl sites for hydroxylation is 1. The summed E-state index contributed by atoms with van der Waals surface area (Å²) >= 11 is 0. The summed E-state index contributed by atoms with van der Waals surface area (Å²) in [5.74, 6) is 0. The van der Waals surface area contributed by atoms with Crippen LogP contribution in [0.25, 0.3) is 11.3 Å². The molecule has 0 amide bonds. The Bertz CT molecular complexity index is 434. The van der Waals surface area contributed by atoms with Crippen molar-refractivity contribution in [3.05, 3.63) is 37.1 Å². The lowest BCUT2D eigenvalue weighted by Gasteiger charge is -1.99. The summed E-state index contributed by atoms with van der Waals surface area (Å²) in [5.41, 5.74) is 7.48. The maximum atomic E-state index is 5.46. The molecule has 0 spiro atoms. The number of halogens is 3. The minimum Gasteiger partial charge on any atom is -0.337 e. The second-order valence-electron chi connectivity index (χ2n) is 3.73. The average Bonchev–Trinajstić information content (AvgIpc) is 2.79. The highest BCUT2D eigenvalue weighted by molar-refractivity contribution is 5.86. The summed E-state index contributed by atoms with van der Waals surface area (Å²) in [4.78, 5) is 8.44. The van der Waals surface area contributed by atoms with Gasteiger partial charge in [0.05, 0.1) is 12.0 Å². The molecule has 2 N–H and O–H groups in total. The zero-order chi connectivity index (χ0) is 11.2. The van der Waals surface area contributed by atoms with Gasteiger partial charge >= 0.3 is 0 Å². The van der Waals surface area contributed by atoms with Crippen LogP contribution in [0.15, 0.2) is 37.1 Å². The van der Waals surface area contributed by atoms with E-state index in [0.29, 0.717) is 0 Å². The Labute approximate surface area is 132 Å². The third-order valence-corrected chi connectivity index (χ3v) is 2.46. The van der Waals surface area contributed by atoms with Crippen LogP contribution in [-0.4, -0.2) is 21.1 Å². The zero-order valence-electron chi connectivity index (χ0n) is 10.4. The van der Waals surface area contributed by atoms with E-state index in [4.69, 9.17) is 5.73 Å². The average molecular weight is 326 g/mol. The zero-order valence-corrected chi connectivity index (χ0v) is 12.9. The van der Waals surface area contributed by atoms with E-state index in [1.165, 1.54) is 0 Å². The lowest BCUT2D eigenvalue weighted by atomic mass is 10.2. The third kappa shape index (κ3) is 6.25. The Morgan fingerprint density at radius 1 is 1.16 bits per heavy atom. The van der Waals surface area contributed by atoms with Gasteiger partial charge in [0.2, 0.25) is 0 Å². The van der Waals surface area contributed by atoms with Crippen LogP contribution in [0, 0.1) is 0 Å². The minimum atomic E-state index is 0. The molecule has 0 aliphatic rings. The van der Waals surface area contributed by atoms with Gasteiger partial charge in [0.25, 0.3) is 0 Å². The van der Waals surface area contributed by atoms with Crippen LogP contribution >= 0.6 is 37.2 Å². The van der Waals surface area contributed by atoms with E-state index in [9.17, 15) is 0 Å². The molecular weight excluding hydrogens is 307 g/mol. The molecule has 0 radical (unpaired) electrons. The summed E-state index contributed by atoms with van der Waals surface area (Å²) in [6.07, 6.45) is 9.65. The van der Waals surface area contributed by atoms with Crippen LogP contribution in [-0.2, 0) is 6.54 Å². The van der Waals surface area contributed by atoms with Gasteiger partial charge in [-0.05, 0) is 31.5 Å². The van der Waals surface area contributed by atoms with Crippen LogP contribution in [0.4, 0.5) is 0 Å². The number of imidazole rings is 1. The number of rotatable bonds is 5. The first-order valence-corrected chi connectivity index (χ1v) is 5.52. The Kier molecular flexibility index (Phi) is 11.9. The highest BCUT2D eigenvalue weighted by Crippen LogP contribution is 2.14. The van der Waals surface area contributed by atoms with Gasteiger partial charge in [0.15, 0.2) is 0 Å². The van der Waals surface area contributed by atoms with Crippen molar-refractivity contribution in [3.63, 3.8) is 0 Å². The van der Waals surface area contributed by atoms with Crippen molar-refractivity contribution in [1.29, 1.82) is 0 Å². The predicted molar refractivity (Wildman–Crippen MR) is 85.5 cm³/mol. The predicted octanol–water partition coefficient (Wildman–Crippen LogP) is 2.95. The summed E-state index contributed by atoms with van der Waals surface area (Å²) in [6, 6.07) is 3.93. The van der Waals surface area contributed by atoms with Crippen molar-refractivity contribution in [3.8, 4) is 11.3 Å². The van der Waals surface area contributed by atoms with E-state index >= 15 is 0 Å². The molecule has 7 heteroatoms. The third-order valence-electron chi connectivity index (χ3n) is 2.46. The molecular formula is C12H19Cl3N4. The molecule has 0 aromatic carbocycles. The van der Waals surface area contributed by atoms with Gasteiger partial charge in [-0.3, -0.25) is 4.98 Å². The quantitative estimate of drug-likeness (QED) is 0.860. The fourth-order valence-corrected chi connectivity index (χ4v) is 1.58. The molecule has 2 aromatic rings. The summed E-state index contributed by atoms with van der Waals surface area (Å²) in [5, 5.41) is 0. The van der Waals surface area contributed by atoms with Crippen molar-refractivity contribution in [2.24, 2.45) is 5.73 Å². The molecule has 19 heavy (non-hydrogen) atoms. The van der Waals surface area contributed by atoms with Crippen molar-refractivity contribution >= 4 is 37.2 Å². The minimum absolute atomic E-state index is 0. The number of hydrogen-bond acceptors (Lipinski definition) is 3. The second-order valence-corrected chi connectivity index (χ2v) is 3.73. The molecule has 2 rings (SSSR count). The van der Waals surface area contributed by atoms with Crippen molar-refractivity contribution < 1.29 is 0 Å². The van der Waals surface area contributed by atoms with Crippen LogP contribution in [0.1, 0.15) is 12.8 Å². The summed E-state index contributed by atoms with van der Waals surface area (Å²) < 4.78 is 2.10. The topological polar surface area (TPSA) is 56.7 Å². The van der Waals surface area contributed by atoms with Crippen molar-refractivity contribution in [2.75, 3.05) is 6.54 Å². The first-order valence-electron chi connectivity index (χ1n) is 5.52. The fraction of sp³-hybridized carbons (Fsp3) is 0.333. The monoisotopic (exact) mass is 324 g/mol. The molecule has 2 heterocycles. The van der Waals surface area contributed by atoms with Crippen molar-refractivity contribution in [2.45, 2.75) is 19.4 Å². The molecule has 0 saturated carbocycles. The molecule has 0 bridgehead atoms. The van der Waals surface area contributed by atoms with Gasteiger partial charge in [0, 0.05) is 30.7 Å². The maximum absolute atomic E-state index is 5.46. The first-order chi connectivity index (χ1) is 7.90. The van der Waals surface area contributed by atoms with Crippen LogP contribution in [0.3, 0.4) is 0 Å². The Balaban J connectivity index is 0. The summed E-state index contributed by atoms with van der Waals surface area (Å²) in [7, 11) is 0. The number of aromatic nitrogens is 3. The van der Waals surface area contributed by atoms with Gasteiger partial charge < -0.3 is 10.3 Å². The van der Waals surface area contributed by atoms with Gasteiger partial charge in [-0.1, -0.05) is 0 Å². The molecule has 108 valence electrons. The van der Waals surface area contributed by atoms with Gasteiger partial charge in [-0.2, -0.15) is 0 Å². The van der Waals surface area contributed by atoms with E-state index in [1.54, 1.807) is 6.20 Å². The standard InChI is InChI=1S/C12H16N4.3ClH/c13-5-1-2-7-16-9-12(15-10-16)11-4-3-6-14-8-11;;;/h3-4,6,8-10H,1-2,5,7,13H2;3*1H. The number of nitrogens with two attached hydrogens (primary N) is 1. The smallest absolute Gasteiger partial charge is 0.0953 e. The van der Waals surface area contributed by atoms with E-state index in [-0.39, 0.29) is 37.2 Å². The molecule has 0 fully saturated rings. The van der Waals surface area contributed by atoms with E-state index in [2.05, 4.69) is 14.5 Å². The largest absolute Gasteiger partial charge is 0.337 e. The normalized spacial score (nSPS) is 8.89. The Morgan fingerprint density at radius 3 is 2.58 bits per heavy atom. The second kappa shape index (κ2) is 11.1. The highest BCUT2D eigenvalue weighted by atomic mass is 35.5. The number of unbranched alkanes of at least 4 members (excludes halogenated alkanes) is 1. The van der Waals surface area contributed by atoms with E-state index in [1.807, 2.05) is 30.9 Å². The Morgan fingerprint density at radius 2 is 1.95 bits per heavy atom. The van der Waals surface area contributed by atoms with Gasteiger partial charge in [0.1, 0.15) is 0 Å². The maximum Gasteiger partial charge on any atom is 0.0953 e. The van der Waals surface area contributed by atoms with Crippen LogP contribution in [0.5, 0.6) is 0 Å². The first kappa shape index (κ1) is 20.5. The number of pyridine rings is 1. The molecule has 0 aliphatic carbocycles. The van der Waals surface area contributed by atoms with E-state index < -0.39 is 0 Å². The van der Waals surface area contributed by atoms with Gasteiger partial charge in [-0.25, -0.2) is 4.98 Å². The molecule has 0 unspecified atom stereocenters. The molecule has 2 aromatic heterocycles. The SMILES string of the molecule is Cl.Cl.Cl.NCCCCn1cnc(-c2cccnc2)c1. The van der Waals surface area contributed by atoms with E-state index in [0.717, 1.165) is 37.2 Å². The molecule has 0 saturated heterocycles. The van der Waals surface area contributed by atoms with Gasteiger partial charge in [-0.15, -0.1) is 37.2 Å². The van der Waals surface area contributed by atoms with Crippen molar-refractivity contribution in [1.82, 2.24) is 14.5 Å². The molecule has 0 atom stereocenters. The molecule has 4 nitrogen and oxygen atoms in total. The lowest BCUT2D eigenvalue weighted by molar-refractivity contribution is 0.614. The van der Waals surface area contributed by atoms with Crippen LogP contribution < -0.4 is 5.73 Å². The Hall–Kier alpha value is -0.810. The lowest BCUT2D eigenvalue weighted by Crippen LogP contribution is -2.01. The van der Waals surface area contributed by atoms with Crippen LogP contribution in [0.2, 0.25) is 0 Å². The highest BCUT2D eigenvalue weighted by Gasteiger charge is 2.01. The fourth-order valence-electron chi connectivity index (χ4n) is 1.58. The number of nitrogens with zero attached hydrogens (tertiary/aromatic N) is 3. The molecule has 0 aliphatic heterocycles.